The SMILES string of the molecule is CC(C)C(CC#N)C[C@H](C)NC(=O)OC(C)(C)C. The van der Waals surface area contributed by atoms with Crippen molar-refractivity contribution in [2.24, 2.45) is 11.8 Å². The number of amides is 1. The van der Waals surface area contributed by atoms with Gasteiger partial charge in [-0.15, -0.1) is 0 Å². The fourth-order valence-electron chi connectivity index (χ4n) is 1.73. The Morgan fingerprint density at radius 2 is 1.89 bits per heavy atom. The smallest absolute Gasteiger partial charge is 0.407 e. The molecule has 0 saturated carbocycles. The molecule has 18 heavy (non-hydrogen) atoms. The van der Waals surface area contributed by atoms with Gasteiger partial charge in [-0.2, -0.15) is 5.26 Å². The molecular formula is C14H26N2O2. The highest BCUT2D eigenvalue weighted by atomic mass is 16.6. The third-order valence-electron chi connectivity index (χ3n) is 2.72. The van der Waals surface area contributed by atoms with Gasteiger partial charge >= 0.3 is 6.09 Å². The number of alkyl carbamates (subject to hydrolysis) is 1. The van der Waals surface area contributed by atoms with Crippen molar-refractivity contribution < 1.29 is 9.53 Å². The van der Waals surface area contributed by atoms with Crippen molar-refractivity contribution in [1.29, 1.82) is 5.26 Å². The molecule has 0 aliphatic carbocycles. The van der Waals surface area contributed by atoms with Crippen LogP contribution in [0.3, 0.4) is 0 Å². The van der Waals surface area contributed by atoms with Crippen molar-refractivity contribution in [2.75, 3.05) is 0 Å². The van der Waals surface area contributed by atoms with Crippen molar-refractivity contribution in [1.82, 2.24) is 5.32 Å². The van der Waals surface area contributed by atoms with Gasteiger partial charge in [-0.3, -0.25) is 0 Å². The number of nitrogens with one attached hydrogen (secondary N) is 1. The summed E-state index contributed by atoms with van der Waals surface area (Å²) in [6.07, 6.45) is 0.928. The first-order valence-electron chi connectivity index (χ1n) is 6.52. The maximum absolute atomic E-state index is 11.6. The predicted octanol–water partition coefficient (Wildman–Crippen LogP) is 3.48. The van der Waals surface area contributed by atoms with Crippen LogP contribution in [0.4, 0.5) is 4.79 Å². The Hall–Kier alpha value is -1.24. The molecule has 2 atom stereocenters. The Kier molecular flexibility index (Phi) is 6.75. The zero-order chi connectivity index (χ0) is 14.3. The summed E-state index contributed by atoms with van der Waals surface area (Å²) in [5.74, 6) is 0.743. The van der Waals surface area contributed by atoms with Crippen LogP contribution in [-0.2, 0) is 4.74 Å². The zero-order valence-corrected chi connectivity index (χ0v) is 12.4. The molecule has 0 bridgehead atoms. The molecule has 0 rings (SSSR count). The summed E-state index contributed by atoms with van der Waals surface area (Å²) >= 11 is 0. The van der Waals surface area contributed by atoms with Crippen LogP contribution in [-0.4, -0.2) is 17.7 Å². The molecule has 0 aromatic heterocycles. The highest BCUT2D eigenvalue weighted by molar-refractivity contribution is 5.67. The Bertz CT molecular complexity index is 300. The number of nitriles is 1. The van der Waals surface area contributed by atoms with E-state index in [9.17, 15) is 4.79 Å². The second-order valence-electron chi connectivity index (χ2n) is 6.15. The van der Waals surface area contributed by atoms with Crippen LogP contribution in [0.2, 0.25) is 0 Å². The highest BCUT2D eigenvalue weighted by Crippen LogP contribution is 2.20. The first-order chi connectivity index (χ1) is 8.15. The van der Waals surface area contributed by atoms with Crippen molar-refractivity contribution in [2.45, 2.75) is 66.0 Å². The van der Waals surface area contributed by atoms with E-state index in [2.05, 4.69) is 25.2 Å². The molecule has 4 nitrogen and oxygen atoms in total. The van der Waals surface area contributed by atoms with Gasteiger partial charge in [0.25, 0.3) is 0 Å². The van der Waals surface area contributed by atoms with E-state index in [1.807, 2.05) is 27.7 Å². The summed E-state index contributed by atoms with van der Waals surface area (Å²) in [4.78, 5) is 11.6. The van der Waals surface area contributed by atoms with E-state index < -0.39 is 11.7 Å². The van der Waals surface area contributed by atoms with Gasteiger partial charge in [0.15, 0.2) is 0 Å². The van der Waals surface area contributed by atoms with Gasteiger partial charge in [0.05, 0.1) is 6.07 Å². The molecule has 0 aliphatic heterocycles. The van der Waals surface area contributed by atoms with Gasteiger partial charge in [-0.25, -0.2) is 4.79 Å². The van der Waals surface area contributed by atoms with Gasteiger partial charge in [0.2, 0.25) is 0 Å². The van der Waals surface area contributed by atoms with E-state index in [0.717, 1.165) is 6.42 Å². The largest absolute Gasteiger partial charge is 0.444 e. The summed E-state index contributed by atoms with van der Waals surface area (Å²) in [5, 5.41) is 11.6. The average molecular weight is 254 g/mol. The van der Waals surface area contributed by atoms with Crippen LogP contribution in [0.15, 0.2) is 0 Å². The van der Waals surface area contributed by atoms with E-state index in [1.54, 1.807) is 0 Å². The van der Waals surface area contributed by atoms with E-state index in [1.165, 1.54) is 0 Å². The molecule has 104 valence electrons. The standard InChI is InChI=1S/C14H26N2O2/c1-10(2)12(7-8-15)9-11(3)16-13(17)18-14(4,5)6/h10-12H,7,9H2,1-6H3,(H,16,17)/t11-,12?/m0/s1. The van der Waals surface area contributed by atoms with Crippen LogP contribution < -0.4 is 5.32 Å². The molecule has 0 aliphatic rings. The van der Waals surface area contributed by atoms with Crippen molar-refractivity contribution in [3.63, 3.8) is 0 Å². The van der Waals surface area contributed by atoms with Crippen LogP contribution >= 0.6 is 0 Å². The first kappa shape index (κ1) is 16.8. The van der Waals surface area contributed by atoms with Gasteiger partial charge in [0, 0.05) is 12.5 Å². The van der Waals surface area contributed by atoms with Crippen LogP contribution in [0.1, 0.15) is 54.4 Å². The molecule has 1 N–H and O–H groups in total. The molecule has 0 aromatic carbocycles. The summed E-state index contributed by atoms with van der Waals surface area (Å²) in [6.45, 7) is 11.7. The van der Waals surface area contributed by atoms with Crippen molar-refractivity contribution in [3.8, 4) is 6.07 Å². The quantitative estimate of drug-likeness (QED) is 0.817. The highest BCUT2D eigenvalue weighted by Gasteiger charge is 2.21. The van der Waals surface area contributed by atoms with Crippen LogP contribution in [0.5, 0.6) is 0 Å². The van der Waals surface area contributed by atoms with Gasteiger partial charge < -0.3 is 10.1 Å². The third kappa shape index (κ3) is 7.94. The third-order valence-corrected chi connectivity index (χ3v) is 2.72. The Morgan fingerprint density at radius 3 is 2.28 bits per heavy atom. The number of rotatable bonds is 5. The maximum Gasteiger partial charge on any atom is 0.407 e. The maximum atomic E-state index is 11.6. The summed E-state index contributed by atoms with van der Waals surface area (Å²) in [5.41, 5.74) is -0.478. The minimum Gasteiger partial charge on any atom is -0.444 e. The fourth-order valence-corrected chi connectivity index (χ4v) is 1.73. The number of hydrogen-bond donors (Lipinski definition) is 1. The molecule has 0 aromatic rings. The van der Waals surface area contributed by atoms with Gasteiger partial charge in [0.1, 0.15) is 5.60 Å². The molecule has 1 amide bonds. The van der Waals surface area contributed by atoms with Gasteiger partial charge in [-0.1, -0.05) is 13.8 Å². The second-order valence-corrected chi connectivity index (χ2v) is 6.15. The monoisotopic (exact) mass is 254 g/mol. The van der Waals surface area contributed by atoms with Crippen LogP contribution in [0.25, 0.3) is 0 Å². The molecule has 0 radical (unpaired) electrons. The average Bonchev–Trinajstić information content (AvgIpc) is 2.13. The predicted molar refractivity (Wildman–Crippen MR) is 72.0 cm³/mol. The number of nitrogens with zero attached hydrogens (tertiary/aromatic N) is 1. The van der Waals surface area contributed by atoms with Crippen molar-refractivity contribution in [3.05, 3.63) is 0 Å². The van der Waals surface area contributed by atoms with Crippen LogP contribution in [0, 0.1) is 23.2 Å². The topological polar surface area (TPSA) is 62.1 Å². The molecule has 0 spiro atoms. The van der Waals surface area contributed by atoms with E-state index in [0.29, 0.717) is 18.3 Å². The Balaban J connectivity index is 4.21. The van der Waals surface area contributed by atoms with E-state index >= 15 is 0 Å². The molecule has 4 heteroatoms. The summed E-state index contributed by atoms with van der Waals surface area (Å²) < 4.78 is 5.20. The molecule has 0 saturated heterocycles. The van der Waals surface area contributed by atoms with E-state index in [-0.39, 0.29) is 6.04 Å². The second kappa shape index (κ2) is 7.25. The fraction of sp³-hybridized carbons (Fsp3) is 0.857. The normalized spacial score (nSPS) is 14.8. The summed E-state index contributed by atoms with van der Waals surface area (Å²) in [6, 6.07) is 2.22. The minimum atomic E-state index is -0.478. The number of carbonyl (C=O) groups is 1. The number of ether oxygens (including phenoxy) is 1. The Labute approximate surface area is 111 Å². The Morgan fingerprint density at radius 1 is 1.33 bits per heavy atom. The zero-order valence-electron chi connectivity index (χ0n) is 12.4. The first-order valence-corrected chi connectivity index (χ1v) is 6.52. The molecule has 0 fully saturated rings. The molecule has 0 heterocycles. The lowest BCUT2D eigenvalue weighted by atomic mass is 9.87. The van der Waals surface area contributed by atoms with Crippen molar-refractivity contribution >= 4 is 6.09 Å². The minimum absolute atomic E-state index is 0.0144. The summed E-state index contributed by atoms with van der Waals surface area (Å²) in [7, 11) is 0. The van der Waals surface area contributed by atoms with E-state index in [4.69, 9.17) is 10.00 Å². The number of hydrogen-bond acceptors (Lipinski definition) is 3. The molecule has 1 unspecified atom stereocenters. The molecular weight excluding hydrogens is 228 g/mol. The van der Waals surface area contributed by atoms with Gasteiger partial charge in [-0.05, 0) is 46.0 Å². The lowest BCUT2D eigenvalue weighted by Crippen LogP contribution is -2.38. The lowest BCUT2D eigenvalue weighted by Gasteiger charge is -2.25. The lowest BCUT2D eigenvalue weighted by molar-refractivity contribution is 0.0500. The number of carbonyl (C=O) groups excluding carboxylic acids is 1.